The van der Waals surface area contributed by atoms with Gasteiger partial charge in [-0.3, -0.25) is 0 Å². The lowest BCUT2D eigenvalue weighted by molar-refractivity contribution is 0.956. The highest BCUT2D eigenvalue weighted by Gasteiger charge is 2.18. The summed E-state index contributed by atoms with van der Waals surface area (Å²) in [5.74, 6) is 0. The van der Waals surface area contributed by atoms with Crippen LogP contribution in [0.2, 0.25) is 5.02 Å². The molecule has 0 amide bonds. The standard InChI is InChI=1S/C9H11ClN2/c1-12-3-2-6-4-7(11)5-8(10)9(6)12/h4-5H,2-3,11H2,1H3. The van der Waals surface area contributed by atoms with Crippen LogP contribution in [0.15, 0.2) is 12.1 Å². The molecule has 2 nitrogen and oxygen atoms in total. The zero-order valence-electron chi connectivity index (χ0n) is 6.97. The van der Waals surface area contributed by atoms with Crippen molar-refractivity contribution in [2.24, 2.45) is 0 Å². The topological polar surface area (TPSA) is 29.3 Å². The number of nitrogens with zero attached hydrogens (tertiary/aromatic N) is 1. The third kappa shape index (κ3) is 1.03. The molecular weight excluding hydrogens is 172 g/mol. The third-order valence-electron chi connectivity index (χ3n) is 2.26. The minimum atomic E-state index is 0.758. The van der Waals surface area contributed by atoms with Crippen LogP contribution in [0, 0.1) is 0 Å². The molecule has 0 unspecified atom stereocenters. The van der Waals surface area contributed by atoms with E-state index in [2.05, 4.69) is 4.90 Å². The number of fused-ring (bicyclic) bond motifs is 1. The van der Waals surface area contributed by atoms with Gasteiger partial charge in [-0.2, -0.15) is 0 Å². The van der Waals surface area contributed by atoms with Gasteiger partial charge < -0.3 is 10.6 Å². The van der Waals surface area contributed by atoms with Crippen molar-refractivity contribution < 1.29 is 0 Å². The Bertz CT molecular complexity index is 323. The molecule has 1 aliphatic heterocycles. The van der Waals surface area contributed by atoms with E-state index < -0.39 is 0 Å². The first-order valence-electron chi connectivity index (χ1n) is 3.97. The van der Waals surface area contributed by atoms with Gasteiger partial charge >= 0.3 is 0 Å². The van der Waals surface area contributed by atoms with Crippen molar-refractivity contribution >= 4 is 23.0 Å². The monoisotopic (exact) mass is 182 g/mol. The van der Waals surface area contributed by atoms with Gasteiger partial charge in [-0.05, 0) is 24.1 Å². The molecule has 1 aromatic rings. The van der Waals surface area contributed by atoms with Gasteiger partial charge in [-0.25, -0.2) is 0 Å². The van der Waals surface area contributed by atoms with Crippen LogP contribution in [0.1, 0.15) is 5.56 Å². The Kier molecular flexibility index (Phi) is 1.65. The zero-order chi connectivity index (χ0) is 8.72. The van der Waals surface area contributed by atoms with E-state index in [0.717, 1.165) is 29.4 Å². The fourth-order valence-corrected chi connectivity index (χ4v) is 2.09. The summed E-state index contributed by atoms with van der Waals surface area (Å²) in [5.41, 5.74) is 8.84. The molecule has 0 aromatic heterocycles. The van der Waals surface area contributed by atoms with Gasteiger partial charge in [0.2, 0.25) is 0 Å². The van der Waals surface area contributed by atoms with Crippen molar-refractivity contribution in [3.8, 4) is 0 Å². The van der Waals surface area contributed by atoms with Crippen LogP contribution in [-0.4, -0.2) is 13.6 Å². The van der Waals surface area contributed by atoms with Gasteiger partial charge in [-0.1, -0.05) is 11.6 Å². The van der Waals surface area contributed by atoms with Crippen molar-refractivity contribution in [1.29, 1.82) is 0 Å². The van der Waals surface area contributed by atoms with E-state index in [0.29, 0.717) is 0 Å². The summed E-state index contributed by atoms with van der Waals surface area (Å²) in [5, 5.41) is 0.769. The van der Waals surface area contributed by atoms with E-state index in [-0.39, 0.29) is 0 Å². The number of anilines is 2. The van der Waals surface area contributed by atoms with E-state index in [9.17, 15) is 0 Å². The summed E-state index contributed by atoms with van der Waals surface area (Å²) < 4.78 is 0. The minimum absolute atomic E-state index is 0.758. The molecule has 0 radical (unpaired) electrons. The molecule has 2 N–H and O–H groups in total. The predicted octanol–water partition coefficient (Wildman–Crippen LogP) is 1.91. The summed E-state index contributed by atoms with van der Waals surface area (Å²) in [7, 11) is 2.05. The van der Waals surface area contributed by atoms with Crippen molar-refractivity contribution in [1.82, 2.24) is 0 Å². The Labute approximate surface area is 76.9 Å². The van der Waals surface area contributed by atoms with Gasteiger partial charge in [0, 0.05) is 19.3 Å². The maximum absolute atomic E-state index is 6.05. The minimum Gasteiger partial charge on any atom is -0.399 e. The average Bonchev–Trinajstić information content (AvgIpc) is 2.31. The smallest absolute Gasteiger partial charge is 0.0662 e. The van der Waals surface area contributed by atoms with Crippen molar-refractivity contribution in [2.45, 2.75) is 6.42 Å². The van der Waals surface area contributed by atoms with Crippen LogP contribution in [-0.2, 0) is 6.42 Å². The zero-order valence-corrected chi connectivity index (χ0v) is 7.73. The Morgan fingerprint density at radius 2 is 2.25 bits per heavy atom. The lowest BCUT2D eigenvalue weighted by atomic mass is 10.1. The quantitative estimate of drug-likeness (QED) is 0.622. The number of likely N-dealkylation sites (N-methyl/N-ethyl adjacent to an activating group) is 1. The second kappa shape index (κ2) is 2.56. The Morgan fingerprint density at radius 3 is 3.00 bits per heavy atom. The van der Waals surface area contributed by atoms with Gasteiger partial charge in [0.1, 0.15) is 0 Å². The first kappa shape index (κ1) is 7.74. The molecule has 64 valence electrons. The molecule has 0 spiro atoms. The number of rotatable bonds is 0. The fraction of sp³-hybridized carbons (Fsp3) is 0.333. The number of nitrogen functional groups attached to an aromatic ring is 1. The predicted molar refractivity (Wildman–Crippen MR) is 52.8 cm³/mol. The Morgan fingerprint density at radius 1 is 1.50 bits per heavy atom. The van der Waals surface area contributed by atoms with Crippen LogP contribution in [0.25, 0.3) is 0 Å². The molecule has 0 atom stereocenters. The SMILES string of the molecule is CN1CCc2cc(N)cc(Cl)c21. The van der Waals surface area contributed by atoms with Crippen molar-refractivity contribution in [2.75, 3.05) is 24.2 Å². The van der Waals surface area contributed by atoms with E-state index in [1.165, 1.54) is 5.56 Å². The number of hydrogen-bond acceptors (Lipinski definition) is 2. The maximum Gasteiger partial charge on any atom is 0.0662 e. The number of benzene rings is 1. The molecule has 2 rings (SSSR count). The van der Waals surface area contributed by atoms with Crippen LogP contribution >= 0.6 is 11.6 Å². The number of nitrogens with two attached hydrogens (primary N) is 1. The Balaban J connectivity index is 2.60. The molecule has 0 fully saturated rings. The first-order chi connectivity index (χ1) is 5.68. The summed E-state index contributed by atoms with van der Waals surface area (Å²) in [6.07, 6.45) is 1.05. The molecule has 0 bridgehead atoms. The van der Waals surface area contributed by atoms with E-state index in [1.807, 2.05) is 19.2 Å². The molecule has 1 aromatic carbocycles. The largest absolute Gasteiger partial charge is 0.399 e. The van der Waals surface area contributed by atoms with Gasteiger partial charge in [0.05, 0.1) is 10.7 Å². The normalized spacial score (nSPS) is 15.0. The number of halogens is 1. The second-order valence-electron chi connectivity index (χ2n) is 3.18. The molecule has 1 aliphatic rings. The average molecular weight is 183 g/mol. The summed E-state index contributed by atoms with van der Waals surface area (Å²) in [6.45, 7) is 1.04. The second-order valence-corrected chi connectivity index (χ2v) is 3.59. The lowest BCUT2D eigenvalue weighted by Crippen LogP contribution is -2.12. The fourth-order valence-electron chi connectivity index (χ4n) is 1.70. The highest BCUT2D eigenvalue weighted by Crippen LogP contribution is 2.35. The molecule has 0 saturated heterocycles. The van der Waals surface area contributed by atoms with Crippen LogP contribution in [0.4, 0.5) is 11.4 Å². The van der Waals surface area contributed by atoms with E-state index in [4.69, 9.17) is 17.3 Å². The molecule has 0 aliphatic carbocycles. The highest BCUT2D eigenvalue weighted by molar-refractivity contribution is 6.33. The summed E-state index contributed by atoms with van der Waals surface area (Å²) in [4.78, 5) is 2.16. The molecule has 1 heterocycles. The summed E-state index contributed by atoms with van der Waals surface area (Å²) in [6, 6.07) is 3.81. The summed E-state index contributed by atoms with van der Waals surface area (Å²) >= 11 is 6.05. The van der Waals surface area contributed by atoms with Gasteiger partial charge in [0.15, 0.2) is 0 Å². The van der Waals surface area contributed by atoms with Crippen LogP contribution in [0.3, 0.4) is 0 Å². The van der Waals surface area contributed by atoms with Crippen molar-refractivity contribution in [3.63, 3.8) is 0 Å². The number of hydrogen-bond donors (Lipinski definition) is 1. The Hall–Kier alpha value is -0.890. The molecule has 3 heteroatoms. The van der Waals surface area contributed by atoms with E-state index >= 15 is 0 Å². The van der Waals surface area contributed by atoms with Crippen molar-refractivity contribution in [3.05, 3.63) is 22.7 Å². The first-order valence-corrected chi connectivity index (χ1v) is 4.35. The maximum atomic E-state index is 6.05. The van der Waals surface area contributed by atoms with Gasteiger partial charge in [-0.15, -0.1) is 0 Å². The van der Waals surface area contributed by atoms with Crippen LogP contribution < -0.4 is 10.6 Å². The molecule has 12 heavy (non-hydrogen) atoms. The molecular formula is C9H11ClN2. The van der Waals surface area contributed by atoms with Gasteiger partial charge in [0.25, 0.3) is 0 Å². The van der Waals surface area contributed by atoms with E-state index in [1.54, 1.807) is 0 Å². The lowest BCUT2D eigenvalue weighted by Gasteiger charge is -2.13. The van der Waals surface area contributed by atoms with Crippen LogP contribution in [0.5, 0.6) is 0 Å². The highest BCUT2D eigenvalue weighted by atomic mass is 35.5. The third-order valence-corrected chi connectivity index (χ3v) is 2.55. The molecule has 0 saturated carbocycles.